The summed E-state index contributed by atoms with van der Waals surface area (Å²) in [7, 11) is 0. The molecule has 2 aromatic heterocycles. The lowest BCUT2D eigenvalue weighted by Crippen LogP contribution is -2.10. The largest absolute Gasteiger partial charge is 0.444 e. The molecule has 0 unspecified atom stereocenters. The first-order valence-corrected chi connectivity index (χ1v) is 8.43. The van der Waals surface area contributed by atoms with E-state index in [1.54, 1.807) is 12.1 Å². The van der Waals surface area contributed by atoms with Crippen molar-refractivity contribution in [3.63, 3.8) is 0 Å². The third-order valence-electron chi connectivity index (χ3n) is 3.37. The Kier molecular flexibility index (Phi) is 4.41. The lowest BCUT2D eigenvalue weighted by Gasteiger charge is -2.07. The summed E-state index contributed by atoms with van der Waals surface area (Å²) in [5, 5.41) is 7.27. The van der Waals surface area contributed by atoms with E-state index in [2.05, 4.69) is 42.3 Å². The van der Waals surface area contributed by atoms with Crippen LogP contribution < -0.4 is 5.32 Å². The van der Waals surface area contributed by atoms with Gasteiger partial charge in [0.2, 0.25) is 0 Å². The molecule has 0 aliphatic carbocycles. The summed E-state index contributed by atoms with van der Waals surface area (Å²) >= 11 is 6.69. The molecule has 3 aromatic rings. The molecule has 0 saturated heterocycles. The standard InChI is InChI=1S/C16H13Br2N3O2/c1-9-15(18)10(2)21(20-9)12-5-3-11(4-6-12)19-16(22)13-7-8-14(17)23-13/h3-8H,1-2H3,(H,19,22). The molecule has 0 radical (unpaired) electrons. The number of carbonyl (C=O) groups excluding carboxylic acids is 1. The van der Waals surface area contributed by atoms with Crippen LogP contribution in [0.5, 0.6) is 0 Å². The topological polar surface area (TPSA) is 60.1 Å². The molecule has 0 fully saturated rings. The van der Waals surface area contributed by atoms with E-state index < -0.39 is 0 Å². The number of anilines is 1. The number of rotatable bonds is 3. The molecule has 0 bridgehead atoms. The van der Waals surface area contributed by atoms with Gasteiger partial charge < -0.3 is 9.73 Å². The zero-order valence-electron chi connectivity index (χ0n) is 12.4. The van der Waals surface area contributed by atoms with Crippen LogP contribution in [-0.2, 0) is 0 Å². The Labute approximate surface area is 149 Å². The van der Waals surface area contributed by atoms with E-state index >= 15 is 0 Å². The van der Waals surface area contributed by atoms with Crippen molar-refractivity contribution >= 4 is 43.5 Å². The number of nitrogens with zero attached hydrogens (tertiary/aromatic N) is 2. The third-order valence-corrected chi connectivity index (χ3v) is 4.94. The smallest absolute Gasteiger partial charge is 0.291 e. The number of hydrogen-bond acceptors (Lipinski definition) is 3. The van der Waals surface area contributed by atoms with Gasteiger partial charge >= 0.3 is 0 Å². The minimum absolute atomic E-state index is 0.253. The maximum Gasteiger partial charge on any atom is 0.291 e. The lowest BCUT2D eigenvalue weighted by molar-refractivity contribution is 0.0995. The minimum Gasteiger partial charge on any atom is -0.444 e. The number of aromatic nitrogens is 2. The maximum absolute atomic E-state index is 12.0. The second-order valence-electron chi connectivity index (χ2n) is 5.00. The fourth-order valence-electron chi connectivity index (χ4n) is 2.19. The van der Waals surface area contributed by atoms with E-state index in [0.717, 1.165) is 21.5 Å². The van der Waals surface area contributed by atoms with Crippen molar-refractivity contribution in [1.29, 1.82) is 0 Å². The summed E-state index contributed by atoms with van der Waals surface area (Å²) in [5.74, 6) is -0.0410. The van der Waals surface area contributed by atoms with Gasteiger partial charge in [-0.3, -0.25) is 4.79 Å². The molecule has 0 saturated carbocycles. The molecule has 23 heavy (non-hydrogen) atoms. The van der Waals surface area contributed by atoms with Crippen LogP contribution in [0.25, 0.3) is 5.69 Å². The molecule has 118 valence electrons. The predicted molar refractivity (Wildman–Crippen MR) is 95.1 cm³/mol. The average Bonchev–Trinajstić information content (AvgIpc) is 3.08. The van der Waals surface area contributed by atoms with Crippen LogP contribution in [0.2, 0.25) is 0 Å². The van der Waals surface area contributed by atoms with E-state index in [9.17, 15) is 4.79 Å². The maximum atomic E-state index is 12.0. The highest BCUT2D eigenvalue weighted by Gasteiger charge is 2.12. The normalized spacial score (nSPS) is 10.8. The molecule has 2 heterocycles. The number of aryl methyl sites for hydroxylation is 1. The third kappa shape index (κ3) is 3.25. The Balaban J connectivity index is 1.79. The lowest BCUT2D eigenvalue weighted by atomic mass is 10.2. The Hall–Kier alpha value is -1.86. The highest BCUT2D eigenvalue weighted by molar-refractivity contribution is 9.10. The molecule has 1 amide bonds. The van der Waals surface area contributed by atoms with Gasteiger partial charge in [-0.05, 0) is 82.1 Å². The molecule has 1 aromatic carbocycles. The Morgan fingerprint density at radius 2 is 1.83 bits per heavy atom. The average molecular weight is 439 g/mol. The van der Waals surface area contributed by atoms with Gasteiger partial charge in [0.25, 0.3) is 5.91 Å². The number of amides is 1. The molecule has 0 aliphatic heterocycles. The highest BCUT2D eigenvalue weighted by atomic mass is 79.9. The Morgan fingerprint density at radius 3 is 2.35 bits per heavy atom. The zero-order chi connectivity index (χ0) is 16.6. The first kappa shape index (κ1) is 16.0. The predicted octanol–water partition coefficient (Wildman–Crippen LogP) is 4.86. The first-order valence-electron chi connectivity index (χ1n) is 6.84. The highest BCUT2D eigenvalue weighted by Crippen LogP contribution is 2.24. The van der Waals surface area contributed by atoms with Crippen molar-refractivity contribution in [3.8, 4) is 5.69 Å². The van der Waals surface area contributed by atoms with E-state index in [1.165, 1.54) is 0 Å². The molecule has 7 heteroatoms. The summed E-state index contributed by atoms with van der Waals surface area (Å²) < 4.78 is 8.60. The molecular formula is C16H13Br2N3O2. The van der Waals surface area contributed by atoms with Crippen molar-refractivity contribution < 1.29 is 9.21 Å². The number of hydrogen-bond donors (Lipinski definition) is 1. The van der Waals surface area contributed by atoms with Crippen LogP contribution in [0.4, 0.5) is 5.69 Å². The van der Waals surface area contributed by atoms with Crippen molar-refractivity contribution in [1.82, 2.24) is 9.78 Å². The Morgan fingerprint density at radius 1 is 1.13 bits per heavy atom. The first-order chi connectivity index (χ1) is 11.0. The zero-order valence-corrected chi connectivity index (χ0v) is 15.6. The fourth-order valence-corrected chi connectivity index (χ4v) is 2.74. The van der Waals surface area contributed by atoms with Crippen LogP contribution in [0.1, 0.15) is 21.9 Å². The van der Waals surface area contributed by atoms with Crippen molar-refractivity contribution in [2.45, 2.75) is 13.8 Å². The number of nitrogens with one attached hydrogen (secondary N) is 1. The molecule has 0 spiro atoms. The van der Waals surface area contributed by atoms with Crippen LogP contribution >= 0.6 is 31.9 Å². The fraction of sp³-hybridized carbons (Fsp3) is 0.125. The summed E-state index contributed by atoms with van der Waals surface area (Å²) in [4.78, 5) is 12.0. The van der Waals surface area contributed by atoms with Gasteiger partial charge in [0.1, 0.15) is 0 Å². The van der Waals surface area contributed by atoms with Crippen molar-refractivity contribution in [3.05, 3.63) is 62.7 Å². The van der Waals surface area contributed by atoms with E-state index in [4.69, 9.17) is 4.42 Å². The van der Waals surface area contributed by atoms with Crippen LogP contribution in [-0.4, -0.2) is 15.7 Å². The number of carbonyl (C=O) groups is 1. The van der Waals surface area contributed by atoms with Gasteiger partial charge in [0, 0.05) is 5.69 Å². The SMILES string of the molecule is Cc1nn(-c2ccc(NC(=O)c3ccc(Br)o3)cc2)c(C)c1Br. The number of furan rings is 1. The van der Waals surface area contributed by atoms with Gasteiger partial charge in [0.05, 0.1) is 21.5 Å². The second kappa shape index (κ2) is 6.33. The summed E-state index contributed by atoms with van der Waals surface area (Å²) in [6, 6.07) is 10.8. The minimum atomic E-state index is -0.294. The van der Waals surface area contributed by atoms with Gasteiger partial charge in [-0.1, -0.05) is 0 Å². The quantitative estimate of drug-likeness (QED) is 0.635. The van der Waals surface area contributed by atoms with Gasteiger partial charge in [-0.15, -0.1) is 0 Å². The summed E-state index contributed by atoms with van der Waals surface area (Å²) in [6.45, 7) is 3.94. The van der Waals surface area contributed by atoms with Crippen LogP contribution in [0.15, 0.2) is 50.0 Å². The van der Waals surface area contributed by atoms with Gasteiger partial charge in [-0.25, -0.2) is 4.68 Å². The summed E-state index contributed by atoms with van der Waals surface area (Å²) in [5.41, 5.74) is 3.57. The van der Waals surface area contributed by atoms with E-state index in [-0.39, 0.29) is 11.7 Å². The number of benzene rings is 1. The second-order valence-corrected chi connectivity index (χ2v) is 6.58. The van der Waals surface area contributed by atoms with E-state index in [0.29, 0.717) is 10.4 Å². The Bertz CT molecular complexity index is 866. The molecule has 0 aliphatic rings. The molecular weight excluding hydrogens is 426 g/mol. The van der Waals surface area contributed by atoms with Gasteiger partial charge in [0.15, 0.2) is 10.4 Å². The molecule has 5 nitrogen and oxygen atoms in total. The monoisotopic (exact) mass is 437 g/mol. The summed E-state index contributed by atoms with van der Waals surface area (Å²) in [6.07, 6.45) is 0. The molecule has 1 N–H and O–H groups in total. The molecule has 3 rings (SSSR count). The van der Waals surface area contributed by atoms with Crippen LogP contribution in [0, 0.1) is 13.8 Å². The number of halogens is 2. The van der Waals surface area contributed by atoms with Crippen LogP contribution in [0.3, 0.4) is 0 Å². The van der Waals surface area contributed by atoms with Crippen molar-refractivity contribution in [2.75, 3.05) is 5.32 Å². The molecule has 0 atom stereocenters. The van der Waals surface area contributed by atoms with Crippen molar-refractivity contribution in [2.24, 2.45) is 0 Å². The van der Waals surface area contributed by atoms with Gasteiger partial charge in [-0.2, -0.15) is 5.10 Å². The van der Waals surface area contributed by atoms with E-state index in [1.807, 2.05) is 42.8 Å².